The average Bonchev–Trinajstić information content (AvgIpc) is 3.59. The topological polar surface area (TPSA) is 505 Å². The van der Waals surface area contributed by atoms with E-state index in [2.05, 4.69) is 63.9 Å². The minimum absolute atomic E-state index is 0.0412. The second-order valence-corrected chi connectivity index (χ2v) is 22.9. The first-order valence-electron chi connectivity index (χ1n) is 21.3. The summed E-state index contributed by atoms with van der Waals surface area (Å²) in [5.41, 5.74) is 2.07. The van der Waals surface area contributed by atoms with Crippen molar-refractivity contribution in [1.82, 2.24) is 0 Å². The summed E-state index contributed by atoms with van der Waals surface area (Å²) in [6.07, 6.45) is 0. The van der Waals surface area contributed by atoms with Crippen molar-refractivity contribution in [3.63, 3.8) is 0 Å². The van der Waals surface area contributed by atoms with E-state index >= 15 is 0 Å². The normalized spacial score (nSPS) is 12.9. The van der Waals surface area contributed by atoms with Crippen molar-refractivity contribution >= 4 is 148 Å². The summed E-state index contributed by atoms with van der Waals surface area (Å²) in [7, 11) is -19.5. The van der Waals surface area contributed by atoms with E-state index in [1.54, 1.807) is 0 Å². The second kappa shape index (κ2) is 23.6. The summed E-state index contributed by atoms with van der Waals surface area (Å²) in [5.74, 6) is 2.93. The lowest BCUT2D eigenvalue weighted by Crippen LogP contribution is -2.12. The van der Waals surface area contributed by atoms with Crippen LogP contribution < -0.4 is 16.4 Å². The van der Waals surface area contributed by atoms with Gasteiger partial charge in [-0.25, -0.2) is 10.5 Å². The molecule has 0 aliphatic heterocycles. The van der Waals surface area contributed by atoms with Gasteiger partial charge < -0.3 is 25.8 Å². The van der Waals surface area contributed by atoms with Crippen LogP contribution in [0.4, 0.5) is 51.2 Å². The number of phenols is 3. The lowest BCUT2D eigenvalue weighted by Gasteiger charge is -2.14. The largest absolute Gasteiger partial charge is 0.505 e. The highest BCUT2D eigenvalue weighted by molar-refractivity contribution is 7.95. The van der Waals surface area contributed by atoms with Crippen molar-refractivity contribution in [3.8, 4) is 23.0 Å². The predicted molar refractivity (Wildman–Crippen MR) is 281 cm³/mol. The van der Waals surface area contributed by atoms with E-state index in [9.17, 15) is 62.6 Å². The van der Waals surface area contributed by atoms with Crippen molar-refractivity contribution in [2.45, 2.75) is 29.4 Å². The molecule has 38 heteroatoms. The van der Waals surface area contributed by atoms with Gasteiger partial charge in [-0.1, -0.05) is 28.3 Å². The first-order valence-corrected chi connectivity index (χ1v) is 28.5. The molecule has 0 unspecified atom stereocenters. The number of hydrogen-bond acceptors (Lipinski definition) is 31. The highest BCUT2D eigenvalue weighted by Crippen LogP contribution is 2.50. The zero-order chi connectivity index (χ0) is 58.8. The van der Waals surface area contributed by atoms with Crippen LogP contribution in [0.1, 0.15) is 0 Å². The van der Waals surface area contributed by atoms with Crippen molar-refractivity contribution in [3.05, 3.63) is 103 Å². The Morgan fingerprint density at radius 3 is 1.75 bits per heavy atom. The molecule has 0 aromatic heterocycles. The van der Waals surface area contributed by atoms with E-state index in [4.69, 9.17) is 26.9 Å². The van der Waals surface area contributed by atoms with E-state index in [0.29, 0.717) is 30.2 Å². The maximum absolute atomic E-state index is 13.3. The highest BCUT2D eigenvalue weighted by atomic mass is 32.2. The molecule has 8 rings (SSSR count). The molecule has 81 heavy (non-hydrogen) atoms. The first kappa shape index (κ1) is 59.1. The van der Waals surface area contributed by atoms with Crippen molar-refractivity contribution in [1.29, 1.82) is 0 Å². The number of rotatable bonds is 20. The molecule has 0 heterocycles. The number of nitrogens with zero attached hydrogens (tertiary/aromatic N) is 8. The second-order valence-electron chi connectivity index (χ2n) is 15.8. The summed E-state index contributed by atoms with van der Waals surface area (Å²) >= 11 is 0.731. The van der Waals surface area contributed by atoms with Crippen LogP contribution in [0.5, 0.6) is 23.0 Å². The minimum atomic E-state index is -5.58. The smallest absolute Gasteiger partial charge is 0.315 e. The number of nitrogen functional groups attached to an aromatic ring is 1. The molecular formula is C43H32N10O22S6. The Kier molecular flexibility index (Phi) is 17.2. The van der Waals surface area contributed by atoms with E-state index in [0.717, 1.165) is 24.3 Å². The first-order chi connectivity index (χ1) is 38.3. The molecule has 12 N–H and O–H groups in total. The molecule has 0 saturated carbocycles. The number of benzene rings is 8. The summed E-state index contributed by atoms with van der Waals surface area (Å²) in [5, 5.41) is 88.9. The Bertz CT molecular complexity index is 4480. The van der Waals surface area contributed by atoms with Crippen molar-refractivity contribution in [2.24, 2.45) is 46.8 Å². The third-order valence-corrected chi connectivity index (χ3v) is 16.1. The van der Waals surface area contributed by atoms with Gasteiger partial charge in [-0.15, -0.1) is 44.5 Å². The van der Waals surface area contributed by atoms with Crippen LogP contribution in [-0.2, 0) is 63.5 Å². The fraction of sp³-hybridized carbons (Fsp3) is 0.0233. The number of methoxy groups -OCH3 is 1. The molecule has 0 bridgehead atoms. The molecule has 0 spiro atoms. The molecule has 0 atom stereocenters. The van der Waals surface area contributed by atoms with Gasteiger partial charge in [0.2, 0.25) is 0 Å². The molecule has 0 saturated heterocycles. The number of aromatic hydroxyl groups is 3. The molecule has 0 radical (unpaired) electrons. The fourth-order valence-electron chi connectivity index (χ4n) is 7.53. The van der Waals surface area contributed by atoms with Crippen LogP contribution in [-0.4, -0.2) is 80.3 Å². The number of ether oxygens (including phenoxy) is 1. The van der Waals surface area contributed by atoms with Gasteiger partial charge in [0, 0.05) is 16.2 Å². The van der Waals surface area contributed by atoms with E-state index in [-0.39, 0.29) is 65.5 Å². The zero-order valence-corrected chi connectivity index (χ0v) is 44.7. The monoisotopic (exact) mass is 1230 g/mol. The molecule has 32 nitrogen and oxygen atoms in total. The Morgan fingerprint density at radius 2 is 1.09 bits per heavy atom. The molecule has 0 aliphatic rings. The molecular weight excluding hydrogens is 1200 g/mol. The lowest BCUT2D eigenvalue weighted by molar-refractivity contribution is -0.432. The Hall–Kier alpha value is -8.00. The van der Waals surface area contributed by atoms with Gasteiger partial charge >= 0.3 is 10.1 Å². The molecule has 0 amide bonds. The Balaban J connectivity index is 1.20. The Morgan fingerprint density at radius 1 is 0.494 bits per heavy atom. The molecule has 422 valence electrons. The van der Waals surface area contributed by atoms with Crippen LogP contribution in [0.3, 0.4) is 0 Å². The van der Waals surface area contributed by atoms with E-state index in [1.165, 1.54) is 79.9 Å². The third kappa shape index (κ3) is 12.5. The number of hydrogen-bond donors (Lipinski definition) is 10. The van der Waals surface area contributed by atoms with Gasteiger partial charge in [-0.2, -0.15) is 49.0 Å². The zero-order valence-electron chi connectivity index (χ0n) is 39.8. The third-order valence-electron chi connectivity index (χ3n) is 11.0. The number of anilines is 1. The SMILES string of the molecule is COc1ccc(N=Nc2c(S(=O)(=O)O)cc3c(S(=O)(=O)O)c(N=Nc4c(S(=O)(=O)ON)cc5ccc(N=Nc6ccc7c(O)c(N=Nc8ccccc8S(=O)(=O)O)c(SOOO)cc7c6)c(O)c5c4N)ccc3c2O)c(SOOO)c1. The molecule has 0 fully saturated rings. The van der Waals surface area contributed by atoms with Crippen LogP contribution >= 0.6 is 24.1 Å². The number of phenolic OH excluding ortho intramolecular Hbond substituents is 3. The standard InChI is InChI=1S/C43H32N10O22S6/c1-70-22-8-12-26(30(17-22)76-74-72-57)47-53-39-33(79(62,63)64)18-25-24(41(39)55)10-13-29(43(25)80(65,66)67)50-52-38-34(81(68,69)71-45)16-19-6-11-28(42(56)35(19)36(38)44)49-46-21-7-9-23-20(14-21)15-31(77-75-73-58)37(40(23)54)51-48-27-4-2-3-5-32(27)78(59,60)61/h2-18,54-58H,44-45H2,1H3,(H,59,60,61)(H,62,63,64)(H,65,66,67). The average molecular weight is 1230 g/mol. The molecule has 8 aromatic rings. The summed E-state index contributed by atoms with van der Waals surface area (Å²) in [6.45, 7) is 0. The van der Waals surface area contributed by atoms with Crippen molar-refractivity contribution in [2.75, 3.05) is 12.8 Å². The minimum Gasteiger partial charge on any atom is -0.505 e. The Labute approximate surface area is 461 Å². The van der Waals surface area contributed by atoms with Gasteiger partial charge in [0.1, 0.15) is 65.1 Å². The fourth-order valence-corrected chi connectivity index (χ4v) is 11.3. The maximum atomic E-state index is 13.3. The summed E-state index contributed by atoms with van der Waals surface area (Å²) in [4.78, 5) is -4.08. The van der Waals surface area contributed by atoms with Crippen LogP contribution in [0.15, 0.2) is 173 Å². The summed E-state index contributed by atoms with van der Waals surface area (Å²) < 4.78 is 151. The highest BCUT2D eigenvalue weighted by Gasteiger charge is 2.30. The van der Waals surface area contributed by atoms with E-state index in [1.807, 2.05) is 0 Å². The number of nitrogens with two attached hydrogens (primary N) is 2. The lowest BCUT2D eigenvalue weighted by atomic mass is 10.1. The number of azo groups is 4. The van der Waals surface area contributed by atoms with E-state index < -0.39 is 111 Å². The van der Waals surface area contributed by atoms with Gasteiger partial charge in [0.05, 0.1) is 57.7 Å². The quantitative estimate of drug-likeness (QED) is 0.00846. The number of fused-ring (bicyclic) bond motifs is 3. The van der Waals surface area contributed by atoms with Gasteiger partial charge in [0.25, 0.3) is 30.4 Å². The van der Waals surface area contributed by atoms with Gasteiger partial charge in [-0.3, -0.25) is 13.7 Å². The van der Waals surface area contributed by atoms with Crippen LogP contribution in [0, 0.1) is 0 Å². The van der Waals surface area contributed by atoms with Crippen LogP contribution in [0.2, 0.25) is 0 Å². The van der Waals surface area contributed by atoms with Crippen LogP contribution in [0.25, 0.3) is 32.3 Å². The molecule has 8 aromatic carbocycles. The predicted octanol–water partition coefficient (Wildman–Crippen LogP) is 10.7. The van der Waals surface area contributed by atoms with Crippen molar-refractivity contribution < 1.29 is 101 Å². The van der Waals surface area contributed by atoms with Gasteiger partial charge in [0.15, 0.2) is 17.2 Å². The summed E-state index contributed by atoms with van der Waals surface area (Å²) in [6, 6.07) is 20.0. The molecule has 0 aliphatic carbocycles. The van der Waals surface area contributed by atoms with Gasteiger partial charge in [-0.05, 0) is 95.7 Å². The maximum Gasteiger partial charge on any atom is 0.315 e.